The first kappa shape index (κ1) is 19.3. The number of aromatic nitrogens is 1. The monoisotopic (exact) mass is 385 g/mol. The van der Waals surface area contributed by atoms with Crippen molar-refractivity contribution in [1.29, 1.82) is 0 Å². The number of hydrogen-bond donors (Lipinski definition) is 0. The number of pyridine rings is 1. The molecule has 0 N–H and O–H groups in total. The number of Topliss-reactive ketones (excluding diaryl/α,β-unsaturated/α-hetero) is 1. The number of fused-ring (bicyclic) bond motifs is 1. The molecule has 2 aromatic rings. The number of ketones is 1. The van der Waals surface area contributed by atoms with Crippen LogP contribution in [-0.2, 0) is 4.79 Å². The van der Waals surface area contributed by atoms with Gasteiger partial charge in [0.25, 0.3) is 17.2 Å². The highest BCUT2D eigenvalue weighted by molar-refractivity contribution is 6.03. The highest BCUT2D eigenvalue weighted by Gasteiger charge is 2.27. The summed E-state index contributed by atoms with van der Waals surface area (Å²) in [5.74, 6) is -0.121. The molecule has 2 heterocycles. The van der Waals surface area contributed by atoms with Gasteiger partial charge >= 0.3 is 0 Å². The van der Waals surface area contributed by atoms with E-state index >= 15 is 0 Å². The minimum atomic E-state index is -0.958. The molecule has 3 rings (SSSR count). The van der Waals surface area contributed by atoms with E-state index in [2.05, 4.69) is 0 Å². The Hall–Kier alpha value is -3.49. The molecule has 1 unspecified atom stereocenters. The Bertz CT molecular complexity index is 1040. The van der Waals surface area contributed by atoms with Crippen LogP contribution in [0.15, 0.2) is 35.3 Å². The molecule has 1 aliphatic heterocycles. The summed E-state index contributed by atoms with van der Waals surface area (Å²) in [7, 11) is 0. The zero-order valence-electron chi connectivity index (χ0n) is 15.7. The fourth-order valence-electron chi connectivity index (χ4n) is 3.19. The summed E-state index contributed by atoms with van der Waals surface area (Å²) in [5, 5.41) is 11.2. The van der Waals surface area contributed by atoms with Gasteiger partial charge in [-0.05, 0) is 39.0 Å². The first-order valence-electron chi connectivity index (χ1n) is 8.73. The van der Waals surface area contributed by atoms with E-state index in [-0.39, 0.29) is 29.3 Å². The third kappa shape index (κ3) is 3.26. The number of likely N-dealkylation sites (N-methyl/N-ethyl adjacent to an activating group) is 1. The van der Waals surface area contributed by atoms with E-state index in [1.165, 1.54) is 18.7 Å². The number of hydrogen-bond acceptors (Lipinski definition) is 6. The van der Waals surface area contributed by atoms with Crippen molar-refractivity contribution in [3.63, 3.8) is 0 Å². The number of nitrogens with zero attached hydrogens (tertiary/aromatic N) is 3. The van der Waals surface area contributed by atoms with Crippen LogP contribution in [0, 0.1) is 17.0 Å². The Labute approximate surface area is 160 Å². The van der Waals surface area contributed by atoms with E-state index in [1.807, 2.05) is 6.92 Å². The maximum atomic E-state index is 13.0. The van der Waals surface area contributed by atoms with Crippen LogP contribution in [0.5, 0.6) is 5.75 Å². The van der Waals surface area contributed by atoms with Gasteiger partial charge in [-0.25, -0.2) is 0 Å². The average molecular weight is 385 g/mol. The maximum absolute atomic E-state index is 13.0. The Morgan fingerprint density at radius 1 is 1.32 bits per heavy atom. The second-order valence-corrected chi connectivity index (χ2v) is 6.49. The molecule has 28 heavy (non-hydrogen) atoms. The molecule has 146 valence electrons. The van der Waals surface area contributed by atoms with E-state index in [4.69, 9.17) is 4.74 Å². The van der Waals surface area contributed by atoms with Gasteiger partial charge in [0.05, 0.1) is 22.8 Å². The van der Waals surface area contributed by atoms with Crippen molar-refractivity contribution in [3.05, 3.63) is 62.1 Å². The van der Waals surface area contributed by atoms with Crippen LogP contribution in [0.4, 0.5) is 11.4 Å². The number of aryl methyl sites for hydroxylation is 1. The fraction of sp³-hybridized carbons (Fsp3) is 0.316. The Morgan fingerprint density at radius 2 is 2.04 bits per heavy atom. The molecular formula is C19H19N3O6. The predicted octanol–water partition coefficient (Wildman–Crippen LogP) is 2.25. The number of benzene rings is 1. The van der Waals surface area contributed by atoms with Crippen LogP contribution in [0.25, 0.3) is 0 Å². The maximum Gasteiger partial charge on any atom is 0.288 e. The van der Waals surface area contributed by atoms with Crippen molar-refractivity contribution in [2.24, 2.45) is 0 Å². The SMILES string of the molecule is CCN1C(=O)COc2ccc(C(=O)C(C)n3cc([N+](=O)[O-])c(C)cc3=O)cc21. The topological polar surface area (TPSA) is 112 Å². The second-order valence-electron chi connectivity index (χ2n) is 6.49. The highest BCUT2D eigenvalue weighted by atomic mass is 16.6. The Balaban J connectivity index is 2.00. The third-order valence-electron chi connectivity index (χ3n) is 4.76. The van der Waals surface area contributed by atoms with Gasteiger partial charge in [0.1, 0.15) is 5.75 Å². The number of amides is 1. The summed E-state index contributed by atoms with van der Waals surface area (Å²) >= 11 is 0. The van der Waals surface area contributed by atoms with Crippen LogP contribution < -0.4 is 15.2 Å². The molecule has 1 amide bonds. The molecular weight excluding hydrogens is 366 g/mol. The molecule has 0 saturated carbocycles. The molecule has 1 aliphatic rings. The Morgan fingerprint density at radius 3 is 2.68 bits per heavy atom. The lowest BCUT2D eigenvalue weighted by molar-refractivity contribution is -0.386. The van der Waals surface area contributed by atoms with E-state index in [0.717, 1.165) is 16.8 Å². The smallest absolute Gasteiger partial charge is 0.288 e. The summed E-state index contributed by atoms with van der Waals surface area (Å²) < 4.78 is 6.44. The lowest BCUT2D eigenvalue weighted by Gasteiger charge is -2.28. The van der Waals surface area contributed by atoms with Crippen LogP contribution >= 0.6 is 0 Å². The van der Waals surface area contributed by atoms with E-state index in [0.29, 0.717) is 18.0 Å². The number of nitro groups is 1. The summed E-state index contributed by atoms with van der Waals surface area (Å²) in [6.07, 6.45) is 1.09. The zero-order chi connectivity index (χ0) is 20.6. The number of carbonyl (C=O) groups excluding carboxylic acids is 2. The van der Waals surface area contributed by atoms with Gasteiger partial charge in [0.2, 0.25) is 0 Å². The minimum Gasteiger partial charge on any atom is -0.482 e. The van der Waals surface area contributed by atoms with Crippen LogP contribution in [0.3, 0.4) is 0 Å². The van der Waals surface area contributed by atoms with Gasteiger partial charge in [-0.3, -0.25) is 29.1 Å². The van der Waals surface area contributed by atoms with Crippen molar-refractivity contribution in [1.82, 2.24) is 4.57 Å². The molecule has 0 saturated heterocycles. The van der Waals surface area contributed by atoms with Gasteiger partial charge in [-0.2, -0.15) is 0 Å². The average Bonchev–Trinajstić information content (AvgIpc) is 2.66. The van der Waals surface area contributed by atoms with Gasteiger partial charge in [-0.1, -0.05) is 0 Å². The lowest BCUT2D eigenvalue weighted by atomic mass is 10.0. The molecule has 0 fully saturated rings. The third-order valence-corrected chi connectivity index (χ3v) is 4.76. The van der Waals surface area contributed by atoms with E-state index < -0.39 is 22.3 Å². The normalized spacial score (nSPS) is 14.2. The number of ether oxygens (including phenoxy) is 1. The molecule has 1 aromatic carbocycles. The fourth-order valence-corrected chi connectivity index (χ4v) is 3.19. The molecule has 0 spiro atoms. The number of rotatable bonds is 5. The lowest BCUT2D eigenvalue weighted by Crippen LogP contribution is -2.38. The van der Waals surface area contributed by atoms with Crippen molar-refractivity contribution in [2.75, 3.05) is 18.1 Å². The van der Waals surface area contributed by atoms with Crippen LogP contribution in [0.1, 0.15) is 35.8 Å². The van der Waals surface area contributed by atoms with Crippen LogP contribution in [0.2, 0.25) is 0 Å². The minimum absolute atomic E-state index is 0.0625. The summed E-state index contributed by atoms with van der Waals surface area (Å²) in [6, 6.07) is 4.88. The molecule has 1 atom stereocenters. The van der Waals surface area contributed by atoms with E-state index in [1.54, 1.807) is 18.2 Å². The molecule has 1 aromatic heterocycles. The Kier molecular flexibility index (Phi) is 5.00. The van der Waals surface area contributed by atoms with Crippen molar-refractivity contribution < 1.29 is 19.2 Å². The summed E-state index contributed by atoms with van der Waals surface area (Å²) in [4.78, 5) is 49.3. The predicted molar refractivity (Wildman–Crippen MR) is 101 cm³/mol. The first-order chi connectivity index (χ1) is 13.2. The molecule has 0 bridgehead atoms. The van der Waals surface area contributed by atoms with E-state index in [9.17, 15) is 24.5 Å². The van der Waals surface area contributed by atoms with Gasteiger partial charge in [-0.15, -0.1) is 0 Å². The van der Waals surface area contributed by atoms with Gasteiger partial charge < -0.3 is 9.64 Å². The standard InChI is InChI=1S/C19H19N3O6/c1-4-20-14-8-13(5-6-16(14)28-10-18(20)24)19(25)12(3)21-9-15(22(26)27)11(2)7-17(21)23/h5-9,12H,4,10H2,1-3H3. The molecule has 9 heteroatoms. The molecule has 0 radical (unpaired) electrons. The second kappa shape index (κ2) is 7.26. The molecule has 0 aliphatic carbocycles. The summed E-state index contributed by atoms with van der Waals surface area (Å²) in [5.41, 5.74) is 0.252. The van der Waals surface area contributed by atoms with Crippen molar-refractivity contribution in [2.45, 2.75) is 26.8 Å². The van der Waals surface area contributed by atoms with Crippen molar-refractivity contribution >= 4 is 23.1 Å². The van der Waals surface area contributed by atoms with Gasteiger partial charge in [0, 0.05) is 23.7 Å². The van der Waals surface area contributed by atoms with Crippen LogP contribution in [-0.4, -0.2) is 34.3 Å². The summed E-state index contributed by atoms with van der Waals surface area (Å²) in [6.45, 7) is 5.14. The highest BCUT2D eigenvalue weighted by Crippen LogP contribution is 2.33. The number of carbonyl (C=O) groups is 2. The zero-order valence-corrected chi connectivity index (χ0v) is 15.7. The van der Waals surface area contributed by atoms with Crippen molar-refractivity contribution in [3.8, 4) is 5.75 Å². The first-order valence-corrected chi connectivity index (χ1v) is 8.73. The quantitative estimate of drug-likeness (QED) is 0.443. The molecule has 9 nitrogen and oxygen atoms in total. The largest absolute Gasteiger partial charge is 0.482 e. The van der Waals surface area contributed by atoms with Gasteiger partial charge in [0.15, 0.2) is 12.4 Å². The number of anilines is 1.